The molecule has 0 heterocycles. The molecule has 1 aromatic carbocycles. The van der Waals surface area contributed by atoms with Crippen LogP contribution in [-0.4, -0.2) is 14.5 Å². The molecule has 0 radical (unpaired) electrons. The van der Waals surface area contributed by atoms with Crippen LogP contribution in [0.4, 0.5) is 0 Å². The molecule has 3 nitrogen and oxygen atoms in total. The minimum Gasteiger partial charge on any atom is -0.768 e. The number of halogens is 1. The summed E-state index contributed by atoms with van der Waals surface area (Å²) in [5.41, 5.74) is 1.34. The van der Waals surface area contributed by atoms with E-state index in [4.69, 9.17) is 11.6 Å². The van der Waals surface area contributed by atoms with Crippen LogP contribution in [0.3, 0.4) is 0 Å². The molecule has 0 N–H and O–H groups in total. The SMILES string of the molecule is O=C1CCc2cc(Cl)c(S(=O)[O-])cc21.[Na+]. The standard InChI is InChI=1S/C9H7ClO3S.Na/c10-7-3-5-1-2-8(11)6(5)4-9(7)14(12)13;/h3-4H,1-2H2,(H,12,13);/q;+1/p-1. The molecule has 0 amide bonds. The van der Waals surface area contributed by atoms with Crippen LogP contribution in [0.25, 0.3) is 0 Å². The van der Waals surface area contributed by atoms with Crippen LogP contribution in [0.2, 0.25) is 5.02 Å². The van der Waals surface area contributed by atoms with Crippen molar-refractivity contribution in [1.29, 1.82) is 0 Å². The van der Waals surface area contributed by atoms with Crippen LogP contribution >= 0.6 is 11.6 Å². The van der Waals surface area contributed by atoms with E-state index in [2.05, 4.69) is 0 Å². The Morgan fingerprint density at radius 1 is 1.33 bits per heavy atom. The third kappa shape index (κ3) is 2.52. The van der Waals surface area contributed by atoms with Gasteiger partial charge in [-0.15, -0.1) is 0 Å². The summed E-state index contributed by atoms with van der Waals surface area (Å²) >= 11 is 3.36. The zero-order valence-electron chi connectivity index (χ0n) is 8.08. The summed E-state index contributed by atoms with van der Waals surface area (Å²) in [5, 5.41) is 0.187. The van der Waals surface area contributed by atoms with Crippen molar-refractivity contribution in [1.82, 2.24) is 0 Å². The molecule has 1 unspecified atom stereocenters. The summed E-state index contributed by atoms with van der Waals surface area (Å²) < 4.78 is 21.5. The van der Waals surface area contributed by atoms with Crippen LogP contribution in [0.5, 0.6) is 0 Å². The molecule has 0 bridgehead atoms. The largest absolute Gasteiger partial charge is 1.00 e. The zero-order chi connectivity index (χ0) is 10.3. The van der Waals surface area contributed by atoms with E-state index in [9.17, 15) is 13.6 Å². The third-order valence-corrected chi connectivity index (χ3v) is 3.38. The average molecular weight is 253 g/mol. The fourth-order valence-corrected chi connectivity index (χ4v) is 2.38. The van der Waals surface area contributed by atoms with Gasteiger partial charge in [0.05, 0.1) is 5.02 Å². The molecule has 0 fully saturated rings. The van der Waals surface area contributed by atoms with Gasteiger partial charge in [-0.3, -0.25) is 9.00 Å². The molecule has 1 aliphatic carbocycles. The molecule has 0 aliphatic heterocycles. The molecule has 0 aromatic heterocycles. The van der Waals surface area contributed by atoms with E-state index in [1.807, 2.05) is 0 Å². The smallest absolute Gasteiger partial charge is 0.768 e. The molecule has 15 heavy (non-hydrogen) atoms. The van der Waals surface area contributed by atoms with E-state index in [1.165, 1.54) is 6.07 Å². The normalized spacial score (nSPS) is 15.7. The predicted molar refractivity (Wildman–Crippen MR) is 51.3 cm³/mol. The fourth-order valence-electron chi connectivity index (χ4n) is 1.57. The average Bonchev–Trinajstić information content (AvgIpc) is 2.46. The van der Waals surface area contributed by atoms with E-state index < -0.39 is 11.1 Å². The quantitative estimate of drug-likeness (QED) is 0.462. The molecular formula is C9H6ClNaO3S. The van der Waals surface area contributed by atoms with Crippen LogP contribution in [0, 0.1) is 0 Å². The van der Waals surface area contributed by atoms with Crippen molar-refractivity contribution >= 4 is 28.5 Å². The maximum absolute atomic E-state index is 11.3. The zero-order valence-corrected chi connectivity index (χ0v) is 11.7. The topological polar surface area (TPSA) is 57.2 Å². The summed E-state index contributed by atoms with van der Waals surface area (Å²) in [4.78, 5) is 11.3. The second-order valence-electron chi connectivity index (χ2n) is 3.10. The molecule has 1 aromatic rings. The van der Waals surface area contributed by atoms with E-state index in [0.717, 1.165) is 5.56 Å². The number of Topliss-reactive ketones (excluding diaryl/α,β-unsaturated/α-hetero) is 1. The number of hydrogen-bond donors (Lipinski definition) is 0. The minimum absolute atomic E-state index is 0. The Morgan fingerprint density at radius 2 is 2.00 bits per heavy atom. The molecular weight excluding hydrogens is 247 g/mol. The maximum Gasteiger partial charge on any atom is 1.00 e. The first kappa shape index (κ1) is 13.4. The van der Waals surface area contributed by atoms with Gasteiger partial charge in [-0.25, -0.2) is 0 Å². The van der Waals surface area contributed by atoms with E-state index in [-0.39, 0.29) is 45.3 Å². The van der Waals surface area contributed by atoms with Crippen molar-refractivity contribution in [3.8, 4) is 0 Å². The van der Waals surface area contributed by atoms with Crippen LogP contribution < -0.4 is 29.6 Å². The minimum atomic E-state index is -2.38. The molecule has 0 saturated carbocycles. The van der Waals surface area contributed by atoms with Gasteiger partial charge in [0, 0.05) is 16.9 Å². The van der Waals surface area contributed by atoms with Crippen LogP contribution in [-0.2, 0) is 17.5 Å². The number of carbonyl (C=O) groups is 1. The van der Waals surface area contributed by atoms with Crippen LogP contribution in [0.1, 0.15) is 22.3 Å². The number of benzene rings is 1. The molecule has 0 spiro atoms. The molecule has 2 rings (SSSR count). The van der Waals surface area contributed by atoms with Gasteiger partial charge < -0.3 is 4.55 Å². The number of rotatable bonds is 1. The number of hydrogen-bond acceptors (Lipinski definition) is 3. The van der Waals surface area contributed by atoms with Crippen molar-refractivity contribution in [2.75, 3.05) is 0 Å². The van der Waals surface area contributed by atoms with Gasteiger partial charge in [0.1, 0.15) is 0 Å². The maximum atomic E-state index is 11.3. The van der Waals surface area contributed by atoms with Crippen molar-refractivity contribution in [3.63, 3.8) is 0 Å². The molecule has 1 atom stereocenters. The number of aryl methyl sites for hydroxylation is 1. The second kappa shape index (κ2) is 5.08. The van der Waals surface area contributed by atoms with E-state index in [1.54, 1.807) is 6.07 Å². The first-order chi connectivity index (χ1) is 6.59. The van der Waals surface area contributed by atoms with Gasteiger partial charge >= 0.3 is 29.6 Å². The fraction of sp³-hybridized carbons (Fsp3) is 0.222. The summed E-state index contributed by atoms with van der Waals surface area (Å²) in [6.07, 6.45) is 1.10. The molecule has 74 valence electrons. The Morgan fingerprint density at radius 3 is 2.60 bits per heavy atom. The van der Waals surface area contributed by atoms with Crippen molar-refractivity contribution in [2.24, 2.45) is 0 Å². The van der Waals surface area contributed by atoms with Crippen molar-refractivity contribution in [3.05, 3.63) is 28.3 Å². The second-order valence-corrected chi connectivity index (χ2v) is 4.41. The van der Waals surface area contributed by atoms with E-state index >= 15 is 0 Å². The van der Waals surface area contributed by atoms with Gasteiger partial charge in [0.2, 0.25) is 0 Å². The number of ketones is 1. The van der Waals surface area contributed by atoms with E-state index in [0.29, 0.717) is 18.4 Å². The van der Waals surface area contributed by atoms with Gasteiger partial charge in [-0.2, -0.15) is 0 Å². The molecule has 6 heteroatoms. The first-order valence-electron chi connectivity index (χ1n) is 4.04. The van der Waals surface area contributed by atoms with Gasteiger partial charge in [-0.05, 0) is 35.2 Å². The van der Waals surface area contributed by atoms with Crippen molar-refractivity contribution < 1.29 is 43.1 Å². The summed E-state index contributed by atoms with van der Waals surface area (Å²) in [5.74, 6) is -0.0108. The Kier molecular flexibility index (Phi) is 4.52. The molecule has 0 saturated heterocycles. The monoisotopic (exact) mass is 252 g/mol. The Labute approximate surface area is 117 Å². The van der Waals surface area contributed by atoms with Crippen LogP contribution in [0.15, 0.2) is 17.0 Å². The predicted octanol–water partition coefficient (Wildman–Crippen LogP) is -1.29. The van der Waals surface area contributed by atoms with Gasteiger partial charge in [-0.1, -0.05) is 11.6 Å². The third-order valence-electron chi connectivity index (χ3n) is 2.26. The Bertz CT molecular complexity index is 446. The summed E-state index contributed by atoms with van der Waals surface area (Å²) in [6.45, 7) is 0. The Balaban J connectivity index is 0.00000112. The van der Waals surface area contributed by atoms with Gasteiger partial charge in [0.15, 0.2) is 5.78 Å². The van der Waals surface area contributed by atoms with Crippen molar-refractivity contribution in [2.45, 2.75) is 17.7 Å². The number of carbonyl (C=O) groups excluding carboxylic acids is 1. The number of fused-ring (bicyclic) bond motifs is 1. The first-order valence-corrected chi connectivity index (χ1v) is 5.50. The summed E-state index contributed by atoms with van der Waals surface area (Å²) in [6, 6.07) is 2.92. The summed E-state index contributed by atoms with van der Waals surface area (Å²) in [7, 11) is 0. The molecule has 1 aliphatic rings. The van der Waals surface area contributed by atoms with Gasteiger partial charge in [0.25, 0.3) is 0 Å². The Hall–Kier alpha value is 0.290.